The lowest BCUT2D eigenvalue weighted by molar-refractivity contribution is 0.583. The molecule has 0 radical (unpaired) electrons. The van der Waals surface area contributed by atoms with Gasteiger partial charge in [0.1, 0.15) is 4.21 Å². The molecule has 0 unspecified atom stereocenters. The van der Waals surface area contributed by atoms with E-state index in [4.69, 9.17) is 0 Å². The molecule has 0 aliphatic carbocycles. The lowest BCUT2D eigenvalue weighted by Gasteiger charge is -2.04. The lowest BCUT2D eigenvalue weighted by atomic mass is 10.2. The second-order valence-electron chi connectivity index (χ2n) is 3.44. The third-order valence-electron chi connectivity index (χ3n) is 2.19. The van der Waals surface area contributed by atoms with Gasteiger partial charge in [0.2, 0.25) is 10.0 Å². The first-order valence-corrected chi connectivity index (χ1v) is 7.47. The molecule has 6 heteroatoms. The molecule has 0 atom stereocenters. The molecule has 0 saturated heterocycles. The Kier molecular flexibility index (Phi) is 3.88. The molecular formula is C11H12N2O2S2. The summed E-state index contributed by atoms with van der Waals surface area (Å²) >= 11 is 1.21. The number of hydrogen-bond acceptors (Lipinski definition) is 4. The average Bonchev–Trinajstić information content (AvgIpc) is 2.84. The van der Waals surface area contributed by atoms with Crippen molar-refractivity contribution in [3.8, 4) is 0 Å². The normalized spacial score (nSPS) is 11.5. The summed E-state index contributed by atoms with van der Waals surface area (Å²) < 4.78 is 26.4. The molecule has 0 amide bonds. The third kappa shape index (κ3) is 3.36. The smallest absolute Gasteiger partial charge is 0.250 e. The fourth-order valence-electron chi connectivity index (χ4n) is 1.36. The van der Waals surface area contributed by atoms with Crippen molar-refractivity contribution in [2.75, 3.05) is 6.54 Å². The molecule has 1 N–H and O–H groups in total. The Bertz CT molecular complexity index is 550. The summed E-state index contributed by atoms with van der Waals surface area (Å²) in [5.74, 6) is 0. The number of sulfonamides is 1. The molecule has 0 spiro atoms. The van der Waals surface area contributed by atoms with E-state index in [1.54, 1.807) is 29.9 Å². The van der Waals surface area contributed by atoms with Crippen molar-refractivity contribution in [2.24, 2.45) is 0 Å². The summed E-state index contributed by atoms with van der Waals surface area (Å²) in [5, 5.41) is 1.75. The van der Waals surface area contributed by atoms with Gasteiger partial charge in [0.25, 0.3) is 0 Å². The summed E-state index contributed by atoms with van der Waals surface area (Å²) in [7, 11) is -3.34. The van der Waals surface area contributed by atoms with Crippen molar-refractivity contribution in [1.82, 2.24) is 9.71 Å². The third-order valence-corrected chi connectivity index (χ3v) is 5.05. The fourth-order valence-corrected chi connectivity index (χ4v) is 3.43. The van der Waals surface area contributed by atoms with E-state index in [9.17, 15) is 8.42 Å². The van der Waals surface area contributed by atoms with Crippen molar-refractivity contribution >= 4 is 21.4 Å². The van der Waals surface area contributed by atoms with E-state index < -0.39 is 10.0 Å². The summed E-state index contributed by atoms with van der Waals surface area (Å²) in [5.41, 5.74) is 1.02. The molecule has 90 valence electrons. The van der Waals surface area contributed by atoms with Crippen LogP contribution in [-0.2, 0) is 16.4 Å². The first-order chi connectivity index (χ1) is 8.18. The highest BCUT2D eigenvalue weighted by atomic mass is 32.2. The summed E-state index contributed by atoms with van der Waals surface area (Å²) in [6, 6.07) is 7.08. The predicted octanol–water partition coefficient (Wildman–Crippen LogP) is 1.66. The van der Waals surface area contributed by atoms with E-state index in [1.165, 1.54) is 11.3 Å². The van der Waals surface area contributed by atoms with Crippen LogP contribution < -0.4 is 4.72 Å². The van der Waals surface area contributed by atoms with Crippen LogP contribution in [0.25, 0.3) is 0 Å². The molecule has 4 nitrogen and oxygen atoms in total. The van der Waals surface area contributed by atoms with Crippen LogP contribution in [0.2, 0.25) is 0 Å². The molecule has 0 saturated carbocycles. The molecule has 2 heterocycles. The Morgan fingerprint density at radius 2 is 2.18 bits per heavy atom. The van der Waals surface area contributed by atoms with E-state index in [2.05, 4.69) is 9.71 Å². The molecule has 0 aliphatic rings. The van der Waals surface area contributed by atoms with Crippen LogP contribution in [0.15, 0.2) is 46.2 Å². The van der Waals surface area contributed by atoms with Crippen molar-refractivity contribution in [3.63, 3.8) is 0 Å². The molecule has 2 aromatic rings. The minimum Gasteiger partial charge on any atom is -0.264 e. The molecule has 2 rings (SSSR count). The van der Waals surface area contributed by atoms with Crippen LogP contribution in [0.1, 0.15) is 5.56 Å². The topological polar surface area (TPSA) is 59.1 Å². The van der Waals surface area contributed by atoms with E-state index in [-0.39, 0.29) is 0 Å². The summed E-state index contributed by atoms with van der Waals surface area (Å²) in [4.78, 5) is 3.97. The van der Waals surface area contributed by atoms with Gasteiger partial charge in [0, 0.05) is 18.9 Å². The number of pyridine rings is 1. The maximum atomic E-state index is 11.8. The van der Waals surface area contributed by atoms with Crippen molar-refractivity contribution in [2.45, 2.75) is 10.6 Å². The maximum Gasteiger partial charge on any atom is 0.250 e. The Hall–Kier alpha value is -1.24. The standard InChI is InChI=1S/C11H12N2O2S2/c14-17(15,11-4-2-8-16-11)13-7-5-10-3-1-6-12-9-10/h1-4,6,8-9,13H,5,7H2. The highest BCUT2D eigenvalue weighted by Crippen LogP contribution is 2.15. The van der Waals surface area contributed by atoms with E-state index in [1.807, 2.05) is 12.1 Å². The Labute approximate surface area is 104 Å². The first-order valence-electron chi connectivity index (χ1n) is 5.10. The molecule has 0 aromatic carbocycles. The zero-order chi connectivity index (χ0) is 12.1. The molecule has 0 aliphatic heterocycles. The minimum absolute atomic E-state index is 0.351. The van der Waals surface area contributed by atoms with E-state index in [0.717, 1.165) is 5.56 Å². The van der Waals surface area contributed by atoms with Gasteiger partial charge in [0.15, 0.2) is 0 Å². The largest absolute Gasteiger partial charge is 0.264 e. The number of nitrogens with zero attached hydrogens (tertiary/aromatic N) is 1. The van der Waals surface area contributed by atoms with Gasteiger partial charge in [-0.25, -0.2) is 13.1 Å². The number of nitrogens with one attached hydrogen (secondary N) is 1. The van der Waals surface area contributed by atoms with Gasteiger partial charge in [0.05, 0.1) is 0 Å². The fraction of sp³-hybridized carbons (Fsp3) is 0.182. The van der Waals surface area contributed by atoms with E-state index in [0.29, 0.717) is 17.2 Å². The SMILES string of the molecule is O=S(=O)(NCCc1cccnc1)c1cccs1. The Morgan fingerprint density at radius 3 is 2.82 bits per heavy atom. The van der Waals surface area contributed by atoms with Crippen molar-refractivity contribution < 1.29 is 8.42 Å². The lowest BCUT2D eigenvalue weighted by Crippen LogP contribution is -2.25. The molecular weight excluding hydrogens is 256 g/mol. The predicted molar refractivity (Wildman–Crippen MR) is 67.4 cm³/mol. The molecule has 17 heavy (non-hydrogen) atoms. The number of hydrogen-bond donors (Lipinski definition) is 1. The average molecular weight is 268 g/mol. The van der Waals surface area contributed by atoms with Crippen molar-refractivity contribution in [3.05, 3.63) is 47.6 Å². The van der Waals surface area contributed by atoms with Gasteiger partial charge in [-0.05, 0) is 29.5 Å². The van der Waals surface area contributed by atoms with Crippen LogP contribution in [0.3, 0.4) is 0 Å². The molecule has 0 bridgehead atoms. The highest BCUT2D eigenvalue weighted by molar-refractivity contribution is 7.91. The Balaban J connectivity index is 1.91. The van der Waals surface area contributed by atoms with Gasteiger partial charge >= 0.3 is 0 Å². The van der Waals surface area contributed by atoms with Crippen LogP contribution in [0.4, 0.5) is 0 Å². The van der Waals surface area contributed by atoms with Crippen LogP contribution in [0, 0.1) is 0 Å². The summed E-state index contributed by atoms with van der Waals surface area (Å²) in [6.07, 6.45) is 4.07. The van der Waals surface area contributed by atoms with Crippen LogP contribution in [0.5, 0.6) is 0 Å². The quantitative estimate of drug-likeness (QED) is 0.897. The highest BCUT2D eigenvalue weighted by Gasteiger charge is 2.13. The number of rotatable bonds is 5. The van der Waals surface area contributed by atoms with Gasteiger partial charge in [-0.1, -0.05) is 12.1 Å². The zero-order valence-corrected chi connectivity index (χ0v) is 10.7. The van der Waals surface area contributed by atoms with Gasteiger partial charge in [-0.3, -0.25) is 4.98 Å². The second-order valence-corrected chi connectivity index (χ2v) is 6.38. The first kappa shape index (κ1) is 12.2. The molecule has 2 aromatic heterocycles. The number of thiophene rings is 1. The van der Waals surface area contributed by atoms with E-state index >= 15 is 0 Å². The monoisotopic (exact) mass is 268 g/mol. The maximum absolute atomic E-state index is 11.8. The second kappa shape index (κ2) is 5.39. The molecule has 0 fully saturated rings. The number of aromatic nitrogens is 1. The van der Waals surface area contributed by atoms with Crippen molar-refractivity contribution in [1.29, 1.82) is 0 Å². The minimum atomic E-state index is -3.34. The van der Waals surface area contributed by atoms with Crippen LogP contribution >= 0.6 is 11.3 Å². The Morgan fingerprint density at radius 1 is 1.29 bits per heavy atom. The van der Waals surface area contributed by atoms with Gasteiger partial charge in [-0.2, -0.15) is 0 Å². The van der Waals surface area contributed by atoms with Gasteiger partial charge < -0.3 is 0 Å². The zero-order valence-electron chi connectivity index (χ0n) is 9.04. The van der Waals surface area contributed by atoms with Gasteiger partial charge in [-0.15, -0.1) is 11.3 Å². The van der Waals surface area contributed by atoms with Crippen LogP contribution in [-0.4, -0.2) is 19.9 Å². The summed E-state index contributed by atoms with van der Waals surface area (Å²) in [6.45, 7) is 0.381.